The van der Waals surface area contributed by atoms with E-state index in [9.17, 15) is 0 Å². The van der Waals surface area contributed by atoms with Crippen LogP contribution in [0.15, 0.2) is 12.4 Å². The van der Waals surface area contributed by atoms with Gasteiger partial charge in [-0.05, 0) is 12.9 Å². The molecule has 4 heteroatoms. The molecule has 44 valence electrons. The van der Waals surface area contributed by atoms with Crippen molar-refractivity contribution in [1.29, 1.82) is 0 Å². The number of hydrogen-bond acceptors (Lipinski definition) is 3. The molecule has 1 aromatic heterocycles. The smallest absolute Gasteiger partial charge is 0.0891 e. The van der Waals surface area contributed by atoms with Gasteiger partial charge in [0, 0.05) is 11.8 Å². The minimum absolute atomic E-state index is 0.500. The van der Waals surface area contributed by atoms with Gasteiger partial charge in [-0.2, -0.15) is 5.10 Å². The van der Waals surface area contributed by atoms with Crippen LogP contribution in [-0.4, -0.2) is 10.2 Å². The van der Waals surface area contributed by atoms with E-state index in [2.05, 4.69) is 27.3 Å². The normalized spacial score (nSPS) is 9.62. The number of hydrogen-bond donors (Lipinski definition) is 2. The molecule has 1 rings (SSSR count). The van der Waals surface area contributed by atoms with Crippen molar-refractivity contribution in [2.24, 2.45) is 0 Å². The first kappa shape index (κ1) is 5.65. The first-order chi connectivity index (χ1) is 3.93. The summed E-state index contributed by atoms with van der Waals surface area (Å²) in [7, 11) is 0. The molecule has 1 aromatic rings. The van der Waals surface area contributed by atoms with Gasteiger partial charge in [0.25, 0.3) is 0 Å². The number of H-pyrrole nitrogens is 1. The molecule has 0 aliphatic rings. The van der Waals surface area contributed by atoms with Gasteiger partial charge in [0.1, 0.15) is 0 Å². The van der Waals surface area contributed by atoms with Crippen LogP contribution >= 0.6 is 12.9 Å². The Morgan fingerprint density at radius 3 is 3.25 bits per heavy atom. The molecule has 0 spiro atoms. The zero-order valence-electron chi connectivity index (χ0n) is 4.16. The first-order valence-corrected chi connectivity index (χ1v) is 2.54. The third kappa shape index (κ3) is 1.24. The van der Waals surface area contributed by atoms with E-state index in [1.807, 2.05) is 0 Å². The van der Waals surface area contributed by atoms with Crippen LogP contribution in [0.5, 0.6) is 0 Å². The summed E-state index contributed by atoms with van der Waals surface area (Å²) in [6, 6.07) is 0. The molecule has 0 radical (unpaired) electrons. The molecule has 0 fully saturated rings. The number of rotatable bonds is 2. The van der Waals surface area contributed by atoms with E-state index in [4.69, 9.17) is 0 Å². The standard InChI is InChI=1S/C4H6N2OS/c8-7-3-4-1-5-6-2-4/h1-2,8H,3H2,(H,5,6). The summed E-state index contributed by atoms with van der Waals surface area (Å²) in [6.07, 6.45) is 3.45. The van der Waals surface area contributed by atoms with Crippen LogP contribution in [0, 0.1) is 0 Å². The van der Waals surface area contributed by atoms with E-state index in [-0.39, 0.29) is 0 Å². The first-order valence-electron chi connectivity index (χ1n) is 2.17. The van der Waals surface area contributed by atoms with Crippen molar-refractivity contribution in [2.75, 3.05) is 0 Å². The topological polar surface area (TPSA) is 37.9 Å². The van der Waals surface area contributed by atoms with Crippen molar-refractivity contribution in [3.05, 3.63) is 18.0 Å². The molecule has 0 saturated heterocycles. The minimum Gasteiger partial charge on any atom is -0.314 e. The fourth-order valence-corrected chi connectivity index (χ4v) is 0.580. The number of nitrogens with zero attached hydrogens (tertiary/aromatic N) is 1. The summed E-state index contributed by atoms with van der Waals surface area (Å²) in [5.41, 5.74) is 1.00. The third-order valence-corrected chi connectivity index (χ3v) is 0.915. The lowest BCUT2D eigenvalue weighted by Crippen LogP contribution is -1.76. The highest BCUT2D eigenvalue weighted by Crippen LogP contribution is 1.96. The highest BCUT2D eigenvalue weighted by Gasteiger charge is 1.88. The van der Waals surface area contributed by atoms with Gasteiger partial charge < -0.3 is 4.18 Å². The Morgan fingerprint density at radius 2 is 2.75 bits per heavy atom. The van der Waals surface area contributed by atoms with Crippen molar-refractivity contribution >= 4 is 12.9 Å². The van der Waals surface area contributed by atoms with Crippen LogP contribution in [0.2, 0.25) is 0 Å². The molecule has 1 heterocycles. The molecule has 1 N–H and O–H groups in total. The summed E-state index contributed by atoms with van der Waals surface area (Å²) < 4.78 is 4.52. The van der Waals surface area contributed by atoms with E-state index in [0.29, 0.717) is 6.61 Å². The van der Waals surface area contributed by atoms with Crippen LogP contribution in [0.4, 0.5) is 0 Å². The number of thiol groups is 1. The lowest BCUT2D eigenvalue weighted by atomic mass is 10.4. The van der Waals surface area contributed by atoms with Crippen LogP contribution in [0.1, 0.15) is 5.56 Å². The van der Waals surface area contributed by atoms with Gasteiger partial charge in [0.2, 0.25) is 0 Å². The second-order valence-corrected chi connectivity index (χ2v) is 1.64. The van der Waals surface area contributed by atoms with Crippen LogP contribution in [-0.2, 0) is 10.8 Å². The number of aromatic nitrogens is 2. The van der Waals surface area contributed by atoms with Crippen molar-refractivity contribution in [3.8, 4) is 0 Å². The molecular formula is C4H6N2OS. The predicted octanol–water partition coefficient (Wildman–Crippen LogP) is 0.771. The van der Waals surface area contributed by atoms with Gasteiger partial charge >= 0.3 is 0 Å². The summed E-state index contributed by atoms with van der Waals surface area (Å²) >= 11 is 3.57. The summed E-state index contributed by atoms with van der Waals surface area (Å²) in [6.45, 7) is 0.500. The highest BCUT2D eigenvalue weighted by molar-refractivity contribution is 7.75. The second-order valence-electron chi connectivity index (χ2n) is 1.38. The molecular weight excluding hydrogens is 124 g/mol. The maximum Gasteiger partial charge on any atom is 0.0891 e. The average molecular weight is 130 g/mol. The molecule has 3 nitrogen and oxygen atoms in total. The van der Waals surface area contributed by atoms with Crippen molar-refractivity contribution < 1.29 is 4.18 Å². The SMILES string of the molecule is SOCc1cn[nH]c1. The van der Waals surface area contributed by atoms with E-state index in [0.717, 1.165) is 5.56 Å². The van der Waals surface area contributed by atoms with Crippen LogP contribution in [0.3, 0.4) is 0 Å². The molecule has 8 heavy (non-hydrogen) atoms. The van der Waals surface area contributed by atoms with Gasteiger partial charge in [-0.15, -0.1) is 0 Å². The van der Waals surface area contributed by atoms with E-state index < -0.39 is 0 Å². The molecule has 0 atom stereocenters. The molecule has 0 saturated carbocycles. The Hall–Kier alpha value is -0.480. The molecule has 0 unspecified atom stereocenters. The van der Waals surface area contributed by atoms with Crippen molar-refractivity contribution in [1.82, 2.24) is 10.2 Å². The van der Waals surface area contributed by atoms with Gasteiger partial charge in [-0.1, -0.05) is 0 Å². The monoisotopic (exact) mass is 130 g/mol. The summed E-state index contributed by atoms with van der Waals surface area (Å²) in [5.74, 6) is 0. The quantitative estimate of drug-likeness (QED) is 0.458. The van der Waals surface area contributed by atoms with Crippen molar-refractivity contribution in [3.63, 3.8) is 0 Å². The summed E-state index contributed by atoms with van der Waals surface area (Å²) in [5, 5.41) is 6.35. The fraction of sp³-hybridized carbons (Fsp3) is 0.250. The largest absolute Gasteiger partial charge is 0.314 e. The van der Waals surface area contributed by atoms with Gasteiger partial charge in [0.05, 0.1) is 12.8 Å². The van der Waals surface area contributed by atoms with Gasteiger partial charge in [-0.25, -0.2) is 0 Å². The molecule has 0 amide bonds. The Balaban J connectivity index is 2.50. The van der Waals surface area contributed by atoms with E-state index in [1.165, 1.54) is 0 Å². The lowest BCUT2D eigenvalue weighted by molar-refractivity contribution is 0.372. The summed E-state index contributed by atoms with van der Waals surface area (Å²) in [4.78, 5) is 0. The van der Waals surface area contributed by atoms with Gasteiger partial charge in [0.15, 0.2) is 0 Å². The van der Waals surface area contributed by atoms with Crippen LogP contribution < -0.4 is 0 Å². The Morgan fingerprint density at radius 1 is 1.88 bits per heavy atom. The zero-order valence-corrected chi connectivity index (χ0v) is 5.06. The second kappa shape index (κ2) is 2.74. The number of aromatic amines is 1. The third-order valence-electron chi connectivity index (χ3n) is 0.786. The van der Waals surface area contributed by atoms with E-state index >= 15 is 0 Å². The highest BCUT2D eigenvalue weighted by atomic mass is 32.1. The molecule has 0 aliphatic heterocycles. The van der Waals surface area contributed by atoms with Gasteiger partial charge in [-0.3, -0.25) is 5.10 Å². The van der Waals surface area contributed by atoms with E-state index in [1.54, 1.807) is 12.4 Å². The van der Waals surface area contributed by atoms with Crippen LogP contribution in [0.25, 0.3) is 0 Å². The maximum atomic E-state index is 4.52. The maximum absolute atomic E-state index is 4.52. The van der Waals surface area contributed by atoms with Crippen molar-refractivity contribution in [2.45, 2.75) is 6.61 Å². The molecule has 0 bridgehead atoms. The Kier molecular flexibility index (Phi) is 1.93. The lowest BCUT2D eigenvalue weighted by Gasteiger charge is -1.86. The predicted molar refractivity (Wildman–Crippen MR) is 32.4 cm³/mol. The minimum atomic E-state index is 0.500. The molecule has 0 aromatic carbocycles. The number of nitrogens with one attached hydrogen (secondary N) is 1. The fourth-order valence-electron chi connectivity index (χ4n) is 0.431. The zero-order chi connectivity index (χ0) is 5.82. The molecule has 0 aliphatic carbocycles. The Labute approximate surface area is 52.7 Å². The Bertz CT molecular complexity index is 140. The average Bonchev–Trinajstić information content (AvgIpc) is 2.19.